The molecule has 4 nitrogen and oxygen atoms in total. The Hall–Kier alpha value is -1.16. The number of hydrogen-bond acceptors (Lipinski definition) is 3. The predicted molar refractivity (Wildman–Crippen MR) is 53.0 cm³/mol. The summed E-state index contributed by atoms with van der Waals surface area (Å²) in [7, 11) is 0. The molecule has 2 N–H and O–H groups in total. The van der Waals surface area contributed by atoms with Crippen LogP contribution >= 0.6 is 0 Å². The quantitative estimate of drug-likeness (QED) is 0.727. The number of hydrogen-bond donors (Lipinski definition) is 1. The van der Waals surface area contributed by atoms with Crippen molar-refractivity contribution in [1.82, 2.24) is 9.55 Å². The molecule has 1 saturated carbocycles. The average molecular weight is 193 g/mol. The molecule has 1 aliphatic rings. The summed E-state index contributed by atoms with van der Waals surface area (Å²) < 4.78 is 1.84. The van der Waals surface area contributed by atoms with Crippen LogP contribution in [0.2, 0.25) is 0 Å². The van der Waals surface area contributed by atoms with Crippen LogP contribution in [0.1, 0.15) is 36.8 Å². The zero-order chi connectivity index (χ0) is 10.2. The van der Waals surface area contributed by atoms with Crippen LogP contribution in [0.5, 0.6) is 0 Å². The number of carbonyl (C=O) groups excluding carboxylic acids is 1. The molecule has 4 heteroatoms. The molecule has 76 valence electrons. The van der Waals surface area contributed by atoms with Crippen LogP contribution in [-0.4, -0.2) is 20.9 Å². The Morgan fingerprint density at radius 1 is 1.71 bits per heavy atom. The van der Waals surface area contributed by atoms with Crippen molar-refractivity contribution in [1.29, 1.82) is 0 Å². The minimum absolute atomic E-state index is 0.00407. The first-order valence-corrected chi connectivity index (χ1v) is 5.02. The SMILES string of the molecule is CCn1ccnc1C(=O)C1(N)CCC1. The Morgan fingerprint density at radius 3 is 2.93 bits per heavy atom. The molecule has 1 aromatic heterocycles. The molecule has 0 spiro atoms. The van der Waals surface area contributed by atoms with E-state index in [9.17, 15) is 4.79 Å². The van der Waals surface area contributed by atoms with Crippen molar-refractivity contribution in [2.75, 3.05) is 0 Å². The van der Waals surface area contributed by atoms with Gasteiger partial charge in [0.1, 0.15) is 0 Å². The van der Waals surface area contributed by atoms with Gasteiger partial charge >= 0.3 is 0 Å². The summed E-state index contributed by atoms with van der Waals surface area (Å²) in [6.07, 6.45) is 6.11. The van der Waals surface area contributed by atoms with E-state index < -0.39 is 5.54 Å². The van der Waals surface area contributed by atoms with Gasteiger partial charge in [-0.15, -0.1) is 0 Å². The summed E-state index contributed by atoms with van der Waals surface area (Å²) in [6.45, 7) is 2.75. The molecule has 14 heavy (non-hydrogen) atoms. The largest absolute Gasteiger partial charge is 0.329 e. The Kier molecular flexibility index (Phi) is 2.15. The van der Waals surface area contributed by atoms with Gasteiger partial charge in [0.15, 0.2) is 5.82 Å². The molecule has 0 bridgehead atoms. The van der Waals surface area contributed by atoms with Crippen LogP contribution in [-0.2, 0) is 6.54 Å². The fourth-order valence-corrected chi connectivity index (χ4v) is 1.78. The summed E-state index contributed by atoms with van der Waals surface area (Å²) in [5.41, 5.74) is 5.33. The fraction of sp³-hybridized carbons (Fsp3) is 0.600. The summed E-state index contributed by atoms with van der Waals surface area (Å²) in [4.78, 5) is 16.0. The zero-order valence-electron chi connectivity index (χ0n) is 8.36. The van der Waals surface area contributed by atoms with Crippen molar-refractivity contribution in [2.45, 2.75) is 38.3 Å². The highest BCUT2D eigenvalue weighted by Crippen LogP contribution is 2.31. The molecule has 1 aromatic rings. The van der Waals surface area contributed by atoms with E-state index in [1.807, 2.05) is 17.7 Å². The summed E-state index contributed by atoms with van der Waals surface area (Å²) in [6, 6.07) is 0. The smallest absolute Gasteiger partial charge is 0.217 e. The van der Waals surface area contributed by atoms with E-state index in [0.29, 0.717) is 5.82 Å². The van der Waals surface area contributed by atoms with E-state index in [2.05, 4.69) is 4.98 Å². The lowest BCUT2D eigenvalue weighted by Crippen LogP contribution is -2.54. The minimum Gasteiger partial charge on any atom is -0.329 e. The second-order valence-corrected chi connectivity index (χ2v) is 3.88. The standard InChI is InChI=1S/C10H15N3O/c1-2-13-7-6-12-9(13)8(14)10(11)4-3-5-10/h6-7H,2-5,11H2,1H3. The first kappa shape index (κ1) is 9.40. The highest BCUT2D eigenvalue weighted by molar-refractivity contribution is 6.01. The van der Waals surface area contributed by atoms with Crippen molar-refractivity contribution >= 4 is 5.78 Å². The Morgan fingerprint density at radius 2 is 2.43 bits per heavy atom. The fourth-order valence-electron chi connectivity index (χ4n) is 1.78. The Bertz CT molecular complexity index is 352. The third-order valence-corrected chi connectivity index (χ3v) is 2.96. The molecule has 0 saturated heterocycles. The second kappa shape index (κ2) is 3.20. The number of imidazole rings is 1. The monoisotopic (exact) mass is 193 g/mol. The molecular formula is C10H15N3O. The van der Waals surface area contributed by atoms with Crippen LogP contribution in [0, 0.1) is 0 Å². The molecule has 0 aromatic carbocycles. The van der Waals surface area contributed by atoms with Crippen molar-refractivity contribution in [3.05, 3.63) is 18.2 Å². The van der Waals surface area contributed by atoms with E-state index >= 15 is 0 Å². The van der Waals surface area contributed by atoms with Gasteiger partial charge in [-0.25, -0.2) is 4.98 Å². The first-order valence-electron chi connectivity index (χ1n) is 5.02. The average Bonchev–Trinajstić information content (AvgIpc) is 2.60. The number of carbonyl (C=O) groups is 1. The summed E-state index contributed by atoms with van der Waals surface area (Å²) in [5.74, 6) is 0.505. The van der Waals surface area contributed by atoms with Crippen molar-refractivity contribution in [3.8, 4) is 0 Å². The normalized spacial score (nSPS) is 19.0. The van der Waals surface area contributed by atoms with Crippen molar-refractivity contribution in [2.24, 2.45) is 5.73 Å². The van der Waals surface area contributed by atoms with E-state index in [-0.39, 0.29) is 5.78 Å². The highest BCUT2D eigenvalue weighted by Gasteiger charge is 2.42. The molecule has 0 aliphatic heterocycles. The van der Waals surface area contributed by atoms with E-state index in [1.54, 1.807) is 6.20 Å². The number of rotatable bonds is 3. The van der Waals surface area contributed by atoms with Gasteiger partial charge in [-0.05, 0) is 26.2 Å². The van der Waals surface area contributed by atoms with Gasteiger partial charge in [0.05, 0.1) is 5.54 Å². The summed E-state index contributed by atoms with van der Waals surface area (Å²) in [5, 5.41) is 0. The second-order valence-electron chi connectivity index (χ2n) is 3.88. The number of nitrogens with two attached hydrogens (primary N) is 1. The molecule has 1 heterocycles. The topological polar surface area (TPSA) is 60.9 Å². The van der Waals surface area contributed by atoms with Gasteiger partial charge < -0.3 is 10.3 Å². The lowest BCUT2D eigenvalue weighted by atomic mass is 9.74. The Balaban J connectivity index is 2.26. The zero-order valence-corrected chi connectivity index (χ0v) is 8.36. The third-order valence-electron chi connectivity index (χ3n) is 2.96. The lowest BCUT2D eigenvalue weighted by molar-refractivity contribution is 0.0784. The molecule has 0 unspecified atom stereocenters. The summed E-state index contributed by atoms with van der Waals surface area (Å²) >= 11 is 0. The molecular weight excluding hydrogens is 178 g/mol. The molecule has 0 radical (unpaired) electrons. The number of aromatic nitrogens is 2. The van der Waals surface area contributed by atoms with Crippen LogP contribution in [0.4, 0.5) is 0 Å². The van der Waals surface area contributed by atoms with Gasteiger partial charge in [0.2, 0.25) is 5.78 Å². The highest BCUT2D eigenvalue weighted by atomic mass is 16.1. The number of nitrogens with zero attached hydrogens (tertiary/aromatic N) is 2. The van der Waals surface area contributed by atoms with Crippen LogP contribution in [0.15, 0.2) is 12.4 Å². The number of Topliss-reactive ketones (excluding diaryl/α,β-unsaturated/α-hetero) is 1. The molecule has 0 atom stereocenters. The Labute approximate surface area is 83.1 Å². The van der Waals surface area contributed by atoms with Crippen molar-refractivity contribution in [3.63, 3.8) is 0 Å². The van der Waals surface area contributed by atoms with E-state index in [0.717, 1.165) is 25.8 Å². The third kappa shape index (κ3) is 1.26. The number of ketones is 1. The molecule has 1 aliphatic carbocycles. The lowest BCUT2D eigenvalue weighted by Gasteiger charge is -2.35. The van der Waals surface area contributed by atoms with Crippen LogP contribution < -0.4 is 5.73 Å². The maximum absolute atomic E-state index is 12.0. The maximum atomic E-state index is 12.0. The van der Waals surface area contributed by atoms with Gasteiger partial charge in [0, 0.05) is 18.9 Å². The van der Waals surface area contributed by atoms with E-state index in [1.165, 1.54) is 0 Å². The first-order chi connectivity index (χ1) is 6.67. The van der Waals surface area contributed by atoms with Crippen molar-refractivity contribution < 1.29 is 4.79 Å². The van der Waals surface area contributed by atoms with Gasteiger partial charge in [0.25, 0.3) is 0 Å². The minimum atomic E-state index is -0.627. The molecule has 2 rings (SSSR count). The van der Waals surface area contributed by atoms with Crippen LogP contribution in [0.25, 0.3) is 0 Å². The maximum Gasteiger partial charge on any atom is 0.217 e. The molecule has 1 fully saturated rings. The van der Waals surface area contributed by atoms with E-state index in [4.69, 9.17) is 5.73 Å². The predicted octanol–water partition coefficient (Wildman–Crippen LogP) is 0.967. The van der Waals surface area contributed by atoms with Crippen LogP contribution in [0.3, 0.4) is 0 Å². The number of aryl methyl sites for hydroxylation is 1. The molecule has 0 amide bonds. The van der Waals surface area contributed by atoms with Gasteiger partial charge in [-0.2, -0.15) is 0 Å². The van der Waals surface area contributed by atoms with Gasteiger partial charge in [-0.3, -0.25) is 4.79 Å². The van der Waals surface area contributed by atoms with Gasteiger partial charge in [-0.1, -0.05) is 0 Å².